The standard InChI is InChI=1S/C14H24ClN3O/c1-4-5-16-13(11-8-10(11)2)14-12(15)9-17-18(14)6-7-19-3/h9-11,13,16H,4-8H2,1-3H3. The molecule has 5 heteroatoms. The number of ether oxygens (including phenoxy) is 1. The van der Waals surface area contributed by atoms with Crippen LogP contribution in [0.3, 0.4) is 0 Å². The molecule has 0 amide bonds. The molecule has 3 atom stereocenters. The van der Waals surface area contributed by atoms with Crippen molar-refractivity contribution in [2.24, 2.45) is 11.8 Å². The Hall–Kier alpha value is -0.580. The molecule has 1 heterocycles. The van der Waals surface area contributed by atoms with Crippen molar-refractivity contribution in [3.05, 3.63) is 16.9 Å². The van der Waals surface area contributed by atoms with Gasteiger partial charge in [0.2, 0.25) is 0 Å². The molecule has 0 saturated heterocycles. The van der Waals surface area contributed by atoms with Crippen molar-refractivity contribution in [3.8, 4) is 0 Å². The largest absolute Gasteiger partial charge is 0.383 e. The third kappa shape index (κ3) is 3.50. The molecule has 0 aliphatic heterocycles. The van der Waals surface area contributed by atoms with E-state index in [4.69, 9.17) is 16.3 Å². The topological polar surface area (TPSA) is 39.1 Å². The molecule has 19 heavy (non-hydrogen) atoms. The third-order valence-corrected chi connectivity index (χ3v) is 4.14. The Morgan fingerprint density at radius 2 is 2.37 bits per heavy atom. The molecule has 0 radical (unpaired) electrons. The Morgan fingerprint density at radius 1 is 1.63 bits per heavy atom. The maximum Gasteiger partial charge on any atom is 0.0834 e. The second-order valence-electron chi connectivity index (χ2n) is 5.40. The van der Waals surface area contributed by atoms with Gasteiger partial charge in [0.1, 0.15) is 0 Å². The van der Waals surface area contributed by atoms with Gasteiger partial charge in [0, 0.05) is 7.11 Å². The van der Waals surface area contributed by atoms with E-state index in [2.05, 4.69) is 24.3 Å². The third-order valence-electron chi connectivity index (χ3n) is 3.85. The fourth-order valence-electron chi connectivity index (χ4n) is 2.60. The van der Waals surface area contributed by atoms with Crippen LogP contribution in [0.2, 0.25) is 5.02 Å². The summed E-state index contributed by atoms with van der Waals surface area (Å²) in [6.45, 7) is 6.91. The number of aromatic nitrogens is 2. The first kappa shape index (κ1) is 14.8. The van der Waals surface area contributed by atoms with Crippen LogP contribution in [-0.4, -0.2) is 30.0 Å². The number of hydrogen-bond donors (Lipinski definition) is 1. The minimum atomic E-state index is 0.321. The van der Waals surface area contributed by atoms with Crippen molar-refractivity contribution in [2.45, 2.75) is 39.3 Å². The fraction of sp³-hybridized carbons (Fsp3) is 0.786. The van der Waals surface area contributed by atoms with E-state index in [0.717, 1.165) is 36.1 Å². The van der Waals surface area contributed by atoms with Crippen LogP contribution in [0.1, 0.15) is 38.4 Å². The SMILES string of the molecule is CCCNC(c1c(Cl)cnn1CCOC)C1CC1C. The van der Waals surface area contributed by atoms with Crippen molar-refractivity contribution in [1.82, 2.24) is 15.1 Å². The number of rotatable bonds is 8. The summed E-state index contributed by atoms with van der Waals surface area (Å²) in [7, 11) is 1.71. The lowest BCUT2D eigenvalue weighted by Gasteiger charge is -2.20. The predicted octanol–water partition coefficient (Wildman–Crippen LogP) is 2.88. The van der Waals surface area contributed by atoms with E-state index in [9.17, 15) is 0 Å². The van der Waals surface area contributed by atoms with Crippen LogP contribution in [0.25, 0.3) is 0 Å². The van der Waals surface area contributed by atoms with Gasteiger partial charge in [-0.15, -0.1) is 0 Å². The van der Waals surface area contributed by atoms with Gasteiger partial charge >= 0.3 is 0 Å². The maximum atomic E-state index is 6.35. The summed E-state index contributed by atoms with van der Waals surface area (Å²) >= 11 is 6.35. The molecule has 1 fully saturated rings. The maximum absolute atomic E-state index is 6.35. The summed E-state index contributed by atoms with van der Waals surface area (Å²) in [6.07, 6.45) is 4.15. The van der Waals surface area contributed by atoms with Gasteiger partial charge in [-0.25, -0.2) is 0 Å². The van der Waals surface area contributed by atoms with Gasteiger partial charge in [-0.3, -0.25) is 4.68 Å². The smallest absolute Gasteiger partial charge is 0.0834 e. The van der Waals surface area contributed by atoms with Crippen molar-refractivity contribution < 1.29 is 4.74 Å². The molecule has 3 unspecified atom stereocenters. The van der Waals surface area contributed by atoms with Crippen LogP contribution in [0.15, 0.2) is 6.20 Å². The van der Waals surface area contributed by atoms with Crippen molar-refractivity contribution in [3.63, 3.8) is 0 Å². The summed E-state index contributed by atoms with van der Waals surface area (Å²) in [5, 5.41) is 8.79. The second-order valence-corrected chi connectivity index (χ2v) is 5.81. The Bertz CT molecular complexity index is 407. The molecule has 1 aromatic heterocycles. The molecule has 1 aromatic rings. The van der Waals surface area contributed by atoms with Gasteiger partial charge in [-0.05, 0) is 31.2 Å². The molecule has 4 nitrogen and oxygen atoms in total. The predicted molar refractivity (Wildman–Crippen MR) is 77.4 cm³/mol. The number of hydrogen-bond acceptors (Lipinski definition) is 3. The zero-order valence-corrected chi connectivity index (χ0v) is 12.8. The van der Waals surface area contributed by atoms with E-state index in [1.165, 1.54) is 6.42 Å². The summed E-state index contributed by atoms with van der Waals surface area (Å²) in [5.74, 6) is 1.46. The average molecular weight is 286 g/mol. The Balaban J connectivity index is 2.17. The van der Waals surface area contributed by atoms with Crippen LogP contribution in [0.5, 0.6) is 0 Å². The van der Waals surface area contributed by atoms with Crippen LogP contribution in [0.4, 0.5) is 0 Å². The first-order valence-corrected chi connectivity index (χ1v) is 7.50. The summed E-state index contributed by atoms with van der Waals surface area (Å²) in [4.78, 5) is 0. The van der Waals surface area contributed by atoms with E-state index >= 15 is 0 Å². The van der Waals surface area contributed by atoms with Gasteiger partial charge in [-0.1, -0.05) is 25.4 Å². The molecule has 2 rings (SSSR count). The van der Waals surface area contributed by atoms with Gasteiger partial charge in [0.25, 0.3) is 0 Å². The fourth-order valence-corrected chi connectivity index (χ4v) is 2.86. The quantitative estimate of drug-likeness (QED) is 0.798. The Labute approximate surface area is 120 Å². The van der Waals surface area contributed by atoms with E-state index in [0.29, 0.717) is 18.6 Å². The Kier molecular flexibility index (Phi) is 5.25. The molecule has 1 aliphatic carbocycles. The number of halogens is 1. The van der Waals surface area contributed by atoms with Gasteiger partial charge in [0.15, 0.2) is 0 Å². The van der Waals surface area contributed by atoms with Crippen molar-refractivity contribution >= 4 is 11.6 Å². The number of nitrogens with one attached hydrogen (secondary N) is 1. The highest BCUT2D eigenvalue weighted by Gasteiger charge is 2.42. The van der Waals surface area contributed by atoms with E-state index in [1.54, 1.807) is 13.3 Å². The zero-order valence-electron chi connectivity index (χ0n) is 12.0. The van der Waals surface area contributed by atoms with Crippen LogP contribution in [-0.2, 0) is 11.3 Å². The highest BCUT2D eigenvalue weighted by atomic mass is 35.5. The normalized spacial score (nSPS) is 23.6. The highest BCUT2D eigenvalue weighted by Crippen LogP contribution is 2.48. The van der Waals surface area contributed by atoms with Gasteiger partial charge < -0.3 is 10.1 Å². The molecule has 0 bridgehead atoms. The van der Waals surface area contributed by atoms with E-state index in [1.807, 2.05) is 4.68 Å². The van der Waals surface area contributed by atoms with Crippen LogP contribution < -0.4 is 5.32 Å². The number of methoxy groups -OCH3 is 1. The average Bonchev–Trinajstić information content (AvgIpc) is 3.01. The molecule has 1 saturated carbocycles. The van der Waals surface area contributed by atoms with Gasteiger partial charge in [0.05, 0.1) is 36.1 Å². The molecule has 1 aliphatic rings. The molecule has 1 N–H and O–H groups in total. The minimum absolute atomic E-state index is 0.321. The van der Waals surface area contributed by atoms with Crippen LogP contribution in [0, 0.1) is 11.8 Å². The second kappa shape index (κ2) is 6.73. The molecular formula is C14H24ClN3O. The summed E-state index contributed by atoms with van der Waals surface area (Å²) in [5.41, 5.74) is 1.13. The Morgan fingerprint density at radius 3 is 2.95 bits per heavy atom. The first-order chi connectivity index (χ1) is 9.19. The lowest BCUT2D eigenvalue weighted by molar-refractivity contribution is 0.181. The van der Waals surface area contributed by atoms with E-state index in [-0.39, 0.29) is 0 Å². The zero-order chi connectivity index (χ0) is 13.8. The highest BCUT2D eigenvalue weighted by molar-refractivity contribution is 6.31. The summed E-state index contributed by atoms with van der Waals surface area (Å²) < 4.78 is 7.13. The van der Waals surface area contributed by atoms with Crippen molar-refractivity contribution in [2.75, 3.05) is 20.3 Å². The van der Waals surface area contributed by atoms with E-state index < -0.39 is 0 Å². The lowest BCUT2D eigenvalue weighted by Crippen LogP contribution is -2.27. The lowest BCUT2D eigenvalue weighted by atomic mass is 10.1. The molecule has 108 valence electrons. The first-order valence-electron chi connectivity index (χ1n) is 7.12. The molecule has 0 spiro atoms. The monoisotopic (exact) mass is 285 g/mol. The summed E-state index contributed by atoms with van der Waals surface area (Å²) in [6, 6.07) is 0.321. The molecule has 0 aromatic carbocycles. The van der Waals surface area contributed by atoms with Crippen LogP contribution >= 0.6 is 11.6 Å². The van der Waals surface area contributed by atoms with Gasteiger partial charge in [-0.2, -0.15) is 5.10 Å². The molecular weight excluding hydrogens is 262 g/mol. The number of nitrogens with zero attached hydrogens (tertiary/aromatic N) is 2. The minimum Gasteiger partial charge on any atom is -0.383 e. The van der Waals surface area contributed by atoms with Crippen molar-refractivity contribution in [1.29, 1.82) is 0 Å².